The number of amides is 2. The minimum absolute atomic E-state index is 0.127. The summed E-state index contributed by atoms with van der Waals surface area (Å²) >= 11 is 0. The minimum Gasteiger partial charge on any atom is -0.466 e. The standard InChI is InChI=1S/C24H32N6O6.C23H30N6O5/c1-3-26-23(34)20-18(32)19(33)24(36-20)30-12-27-17-21(25)28-16(29-22(17)30)6-4-5-14-7-9-15(10-8-14)11-35-13(2)31;1-3-25-22(33)19-17(31)18(32)23(34-19)29-11-26-16-20(24)27-15(28-21(16)29)6-4-5-13-7-9-14(10-8-13)12(2)30/h12,14-15,18-20,24,32-33H,3,5,7-11H2,1-2H3,(H,26,34)(H2,25,28,29);11,13-14,17-19,23,31-32H,3,5,7-10H2,1-2H3,(H,25,33)(H2,24,27,28). The molecule has 2 aliphatic heterocycles. The van der Waals surface area contributed by atoms with Crippen molar-refractivity contribution in [1.82, 2.24) is 49.7 Å². The molecule has 4 fully saturated rings. The van der Waals surface area contributed by atoms with Crippen LogP contribution in [-0.2, 0) is 33.4 Å². The number of nitrogen functional groups attached to an aromatic ring is 2. The number of aromatic nitrogens is 8. The number of nitrogens with one attached hydrogen (secondary N) is 2. The van der Waals surface area contributed by atoms with Gasteiger partial charge in [-0.1, -0.05) is 11.8 Å². The third-order valence-corrected chi connectivity index (χ3v) is 13.2. The first-order valence-corrected chi connectivity index (χ1v) is 23.8. The maximum atomic E-state index is 12.2. The van der Waals surface area contributed by atoms with E-state index >= 15 is 0 Å². The highest BCUT2D eigenvalue weighted by atomic mass is 16.6. The first-order valence-electron chi connectivity index (χ1n) is 23.8. The first kappa shape index (κ1) is 51.5. The van der Waals surface area contributed by atoms with Gasteiger partial charge in [-0.15, -0.1) is 0 Å². The lowest BCUT2D eigenvalue weighted by molar-refractivity contribution is -0.142. The summed E-state index contributed by atoms with van der Waals surface area (Å²) in [6.45, 7) is 7.78. The fourth-order valence-corrected chi connectivity index (χ4v) is 9.28. The van der Waals surface area contributed by atoms with Crippen LogP contribution in [0.1, 0.15) is 116 Å². The molecule has 376 valence electrons. The zero-order valence-corrected chi connectivity index (χ0v) is 39.7. The van der Waals surface area contributed by atoms with E-state index in [0.717, 1.165) is 51.4 Å². The van der Waals surface area contributed by atoms with Crippen LogP contribution in [0.3, 0.4) is 0 Å². The van der Waals surface area contributed by atoms with E-state index in [-0.39, 0.29) is 52.2 Å². The maximum Gasteiger partial charge on any atom is 0.302 e. The summed E-state index contributed by atoms with van der Waals surface area (Å²) < 4.78 is 19.3. The lowest BCUT2D eigenvalue weighted by atomic mass is 9.79. The molecule has 0 bridgehead atoms. The molecule has 0 radical (unpaired) electrons. The predicted molar refractivity (Wildman–Crippen MR) is 250 cm³/mol. The Hall–Kier alpha value is -6.34. The third-order valence-electron chi connectivity index (χ3n) is 13.2. The number of hydrogen-bond acceptors (Lipinski definition) is 19. The Morgan fingerprint density at radius 2 is 1.07 bits per heavy atom. The summed E-state index contributed by atoms with van der Waals surface area (Å²) in [6.07, 6.45) is 1.69. The van der Waals surface area contributed by atoms with Crippen molar-refractivity contribution >= 4 is 57.5 Å². The maximum absolute atomic E-state index is 12.2. The summed E-state index contributed by atoms with van der Waals surface area (Å²) in [5.74, 6) is 13.3. The number of nitrogens with two attached hydrogens (primary N) is 2. The number of ether oxygens (including phenoxy) is 3. The van der Waals surface area contributed by atoms with Gasteiger partial charge >= 0.3 is 5.97 Å². The highest BCUT2D eigenvalue weighted by Crippen LogP contribution is 2.35. The molecule has 0 aromatic carbocycles. The summed E-state index contributed by atoms with van der Waals surface area (Å²) in [6, 6.07) is 0. The van der Waals surface area contributed by atoms with Gasteiger partial charge in [0.1, 0.15) is 41.2 Å². The Bertz CT molecular complexity index is 2660. The number of Topliss-reactive ketones (excluding diaryl/α,β-unsaturated/α-hetero) is 1. The Balaban J connectivity index is 0.000000207. The van der Waals surface area contributed by atoms with Crippen molar-refractivity contribution in [3.8, 4) is 23.7 Å². The van der Waals surface area contributed by atoms with Crippen molar-refractivity contribution in [2.75, 3.05) is 31.2 Å². The van der Waals surface area contributed by atoms with Crippen molar-refractivity contribution in [3.63, 3.8) is 0 Å². The molecular weight excluding hydrogens is 909 g/mol. The minimum atomic E-state index is -1.42. The van der Waals surface area contributed by atoms with E-state index in [0.29, 0.717) is 61.3 Å². The molecule has 4 aromatic rings. The van der Waals surface area contributed by atoms with Crippen LogP contribution in [0.25, 0.3) is 22.3 Å². The van der Waals surface area contributed by atoms with Crippen LogP contribution >= 0.6 is 0 Å². The topological polar surface area (TPSA) is 340 Å². The molecule has 2 saturated heterocycles. The number of ketones is 1. The van der Waals surface area contributed by atoms with Crippen LogP contribution in [-0.4, -0.2) is 139 Å². The smallest absolute Gasteiger partial charge is 0.302 e. The summed E-state index contributed by atoms with van der Waals surface area (Å²) in [4.78, 5) is 72.7. The van der Waals surface area contributed by atoms with Gasteiger partial charge in [-0.25, -0.2) is 29.9 Å². The average molecular weight is 971 g/mol. The van der Waals surface area contributed by atoms with Gasteiger partial charge in [0.15, 0.2) is 47.6 Å². The molecule has 8 unspecified atom stereocenters. The van der Waals surface area contributed by atoms with Crippen molar-refractivity contribution in [2.24, 2.45) is 23.7 Å². The van der Waals surface area contributed by atoms with E-state index < -0.39 is 60.9 Å². The molecule has 2 amide bonds. The number of nitrogens with zero attached hydrogens (tertiary/aromatic N) is 8. The number of fused-ring (bicyclic) bond motifs is 2. The van der Waals surface area contributed by atoms with Crippen LogP contribution in [0.5, 0.6) is 0 Å². The molecule has 8 atom stereocenters. The fraction of sp³-hybridized carbons (Fsp3) is 0.617. The molecule has 23 nitrogen and oxygen atoms in total. The quantitative estimate of drug-likeness (QED) is 0.0752. The number of anilines is 2. The van der Waals surface area contributed by atoms with Crippen molar-refractivity contribution in [1.29, 1.82) is 0 Å². The molecule has 6 heterocycles. The average Bonchev–Trinajstić information content (AvgIpc) is 4.10. The largest absolute Gasteiger partial charge is 0.466 e. The second-order valence-corrected chi connectivity index (χ2v) is 18.2. The molecule has 4 aromatic heterocycles. The molecule has 0 spiro atoms. The lowest BCUT2D eigenvalue weighted by Crippen LogP contribution is -2.42. The second-order valence-electron chi connectivity index (χ2n) is 18.2. The molecule has 23 heteroatoms. The second kappa shape index (κ2) is 23.1. The number of aliphatic hydroxyl groups excluding tert-OH is 4. The number of imidazole rings is 2. The van der Waals surface area contributed by atoms with Crippen LogP contribution in [0.2, 0.25) is 0 Å². The number of likely N-dealkylation sites (N-methyl/N-ethyl adjacent to an activating group) is 2. The van der Waals surface area contributed by atoms with Gasteiger partial charge in [0.05, 0.1) is 19.3 Å². The van der Waals surface area contributed by atoms with Crippen LogP contribution in [0, 0.1) is 47.4 Å². The van der Waals surface area contributed by atoms with Gasteiger partial charge in [0.25, 0.3) is 11.8 Å². The van der Waals surface area contributed by atoms with Crippen LogP contribution in [0.4, 0.5) is 11.6 Å². The summed E-state index contributed by atoms with van der Waals surface area (Å²) in [5, 5.41) is 46.9. The van der Waals surface area contributed by atoms with Crippen molar-refractivity contribution in [3.05, 3.63) is 24.3 Å². The van der Waals surface area contributed by atoms with Gasteiger partial charge in [-0.2, -0.15) is 0 Å². The van der Waals surface area contributed by atoms with E-state index in [9.17, 15) is 39.6 Å². The number of carbonyl (C=O) groups excluding carboxylic acids is 4. The number of hydrogen-bond donors (Lipinski definition) is 8. The van der Waals surface area contributed by atoms with Gasteiger partial charge in [-0.3, -0.25) is 28.3 Å². The molecule has 4 aliphatic rings. The molecule has 70 heavy (non-hydrogen) atoms. The highest BCUT2D eigenvalue weighted by molar-refractivity contribution is 5.84. The van der Waals surface area contributed by atoms with Crippen molar-refractivity contribution < 1.29 is 53.8 Å². The third kappa shape index (κ3) is 11.8. The Labute approximate surface area is 403 Å². The Kier molecular flexibility index (Phi) is 17.0. The zero-order chi connectivity index (χ0) is 50.2. The van der Waals surface area contributed by atoms with E-state index in [2.05, 4.69) is 64.2 Å². The Morgan fingerprint density at radius 3 is 1.47 bits per heavy atom. The van der Waals surface area contributed by atoms with E-state index in [1.807, 2.05) is 0 Å². The number of rotatable bonds is 11. The van der Waals surface area contributed by atoms with E-state index in [1.54, 1.807) is 20.8 Å². The van der Waals surface area contributed by atoms with Crippen LogP contribution in [0.15, 0.2) is 12.7 Å². The predicted octanol–water partition coefficient (Wildman–Crippen LogP) is 0.576. The van der Waals surface area contributed by atoms with E-state index in [4.69, 9.17) is 25.7 Å². The summed E-state index contributed by atoms with van der Waals surface area (Å²) in [5.41, 5.74) is 13.3. The first-order chi connectivity index (χ1) is 33.6. The molecular formula is C47H62N12O11. The molecule has 10 N–H and O–H groups in total. The monoisotopic (exact) mass is 970 g/mol. The SMILES string of the molecule is CCNC(=O)C1OC(n2cnc3c(N)nc(C#CCC4CCC(C(C)=O)CC4)nc32)C(O)C1O.CCNC(=O)C1OC(n2cnc3c(N)nc(C#CCC4CCC(COC(C)=O)CC4)nc32)C(O)C1O. The van der Waals surface area contributed by atoms with Gasteiger partial charge in [0.2, 0.25) is 11.6 Å². The Morgan fingerprint density at radius 1 is 0.657 bits per heavy atom. The number of esters is 1. The molecule has 2 aliphatic carbocycles. The summed E-state index contributed by atoms with van der Waals surface area (Å²) in [7, 11) is 0. The molecule has 8 rings (SSSR count). The number of aliphatic hydroxyl groups is 4. The van der Waals surface area contributed by atoms with Gasteiger partial charge < -0.3 is 56.7 Å². The zero-order valence-electron chi connectivity index (χ0n) is 39.7. The van der Waals surface area contributed by atoms with Crippen molar-refractivity contribution in [2.45, 2.75) is 141 Å². The number of carbonyl (C=O) groups is 4. The van der Waals surface area contributed by atoms with E-state index in [1.165, 1.54) is 28.7 Å². The molecule has 2 saturated carbocycles. The lowest BCUT2D eigenvalue weighted by Gasteiger charge is -2.26. The highest BCUT2D eigenvalue weighted by Gasteiger charge is 2.49. The van der Waals surface area contributed by atoms with Gasteiger partial charge in [0, 0.05) is 38.8 Å². The fourth-order valence-electron chi connectivity index (χ4n) is 9.28. The van der Waals surface area contributed by atoms with Gasteiger partial charge in [-0.05, 0) is 102 Å². The van der Waals surface area contributed by atoms with Crippen LogP contribution < -0.4 is 22.1 Å². The normalized spacial score (nSPS) is 28.4.